The first-order valence-electron chi connectivity index (χ1n) is 11.0. The first-order valence-corrected chi connectivity index (χ1v) is 11.0. The summed E-state index contributed by atoms with van der Waals surface area (Å²) in [5, 5.41) is 16.7. The Morgan fingerprint density at radius 3 is 2.61 bits per heavy atom. The van der Waals surface area contributed by atoms with E-state index in [4.69, 9.17) is 5.73 Å². The molecule has 13 heteroatoms. The van der Waals surface area contributed by atoms with E-state index < -0.39 is 41.0 Å². The standard InChI is InChI=1S/C23H24F2N8O3/c1-10(21(34)35)11(2)30-20-16(25)17(12-6-29-33(9-12)23(3,4)22(26)36)31-19(32-20)15-8-28-18-14(15)5-13(24)7-27-18/h5-11H,1-4H3,(H2,26,36)(H,27,28)(H,34,35)(H,30,31,32)/t10-,11-/m0/s1. The SMILES string of the molecule is C[C@H](Nc1nc(-c2c[nH]c3ncc(F)cc23)nc(-c2cnn(C(C)(C)C(N)=O)c2)c1F)[C@H](C)C(=O)O. The highest BCUT2D eigenvalue weighted by Gasteiger charge is 2.30. The molecule has 4 aromatic rings. The number of hydrogen-bond acceptors (Lipinski definition) is 7. The summed E-state index contributed by atoms with van der Waals surface area (Å²) in [6, 6.07) is 0.544. The summed E-state index contributed by atoms with van der Waals surface area (Å²) in [5.41, 5.74) is 5.05. The lowest BCUT2D eigenvalue weighted by molar-refractivity contribution is -0.141. The van der Waals surface area contributed by atoms with E-state index in [1.54, 1.807) is 20.8 Å². The number of aromatic amines is 1. The van der Waals surface area contributed by atoms with Gasteiger partial charge in [-0.2, -0.15) is 5.10 Å². The Morgan fingerprint density at radius 1 is 1.22 bits per heavy atom. The molecule has 0 radical (unpaired) electrons. The molecule has 1 amide bonds. The van der Waals surface area contributed by atoms with Gasteiger partial charge in [-0.05, 0) is 33.8 Å². The molecular weight excluding hydrogens is 474 g/mol. The number of aliphatic carboxylic acids is 1. The van der Waals surface area contributed by atoms with Crippen molar-refractivity contribution in [3.63, 3.8) is 0 Å². The van der Waals surface area contributed by atoms with Crippen molar-refractivity contribution < 1.29 is 23.5 Å². The number of rotatable bonds is 8. The first-order chi connectivity index (χ1) is 16.9. The van der Waals surface area contributed by atoms with Crippen LogP contribution in [0.4, 0.5) is 14.6 Å². The van der Waals surface area contributed by atoms with E-state index in [9.17, 15) is 19.1 Å². The van der Waals surface area contributed by atoms with Gasteiger partial charge in [-0.1, -0.05) is 0 Å². The van der Waals surface area contributed by atoms with Gasteiger partial charge in [0.2, 0.25) is 5.91 Å². The van der Waals surface area contributed by atoms with Gasteiger partial charge in [0.25, 0.3) is 0 Å². The number of hydrogen-bond donors (Lipinski definition) is 4. The van der Waals surface area contributed by atoms with Crippen LogP contribution in [0.25, 0.3) is 33.7 Å². The molecule has 0 unspecified atom stereocenters. The molecule has 0 saturated heterocycles. The summed E-state index contributed by atoms with van der Waals surface area (Å²) in [6.45, 7) is 6.18. The van der Waals surface area contributed by atoms with Gasteiger partial charge in [0, 0.05) is 34.9 Å². The monoisotopic (exact) mass is 498 g/mol. The van der Waals surface area contributed by atoms with E-state index >= 15 is 4.39 Å². The minimum absolute atomic E-state index is 0.0321. The molecule has 0 fully saturated rings. The predicted octanol–water partition coefficient (Wildman–Crippen LogP) is 2.90. The number of primary amides is 1. The lowest BCUT2D eigenvalue weighted by Gasteiger charge is -2.21. The van der Waals surface area contributed by atoms with Gasteiger partial charge in [-0.15, -0.1) is 0 Å². The topological polar surface area (TPSA) is 165 Å². The number of aromatic nitrogens is 6. The molecule has 4 aromatic heterocycles. The molecule has 0 aliphatic rings. The van der Waals surface area contributed by atoms with Crippen molar-refractivity contribution >= 4 is 28.7 Å². The lowest BCUT2D eigenvalue weighted by atomic mass is 10.0. The Kier molecular flexibility index (Phi) is 6.16. The Balaban J connectivity index is 1.89. The second kappa shape index (κ2) is 8.98. The molecule has 0 aliphatic carbocycles. The molecule has 0 saturated carbocycles. The maximum Gasteiger partial charge on any atom is 0.308 e. The number of carboxylic acid groups (broad SMARTS) is 1. The largest absolute Gasteiger partial charge is 0.481 e. The molecule has 188 valence electrons. The summed E-state index contributed by atoms with van der Waals surface area (Å²) in [7, 11) is 0. The van der Waals surface area contributed by atoms with Gasteiger partial charge < -0.3 is 21.1 Å². The van der Waals surface area contributed by atoms with Crippen LogP contribution in [-0.2, 0) is 15.1 Å². The maximum absolute atomic E-state index is 15.7. The average Bonchev–Trinajstić information content (AvgIpc) is 3.47. The highest BCUT2D eigenvalue weighted by atomic mass is 19.1. The van der Waals surface area contributed by atoms with Crippen LogP contribution < -0.4 is 11.1 Å². The number of nitrogens with one attached hydrogen (secondary N) is 2. The lowest BCUT2D eigenvalue weighted by Crippen LogP contribution is -2.41. The predicted molar refractivity (Wildman–Crippen MR) is 127 cm³/mol. The molecule has 36 heavy (non-hydrogen) atoms. The second-order valence-corrected chi connectivity index (χ2v) is 8.97. The zero-order valence-corrected chi connectivity index (χ0v) is 19.9. The third kappa shape index (κ3) is 4.34. The normalized spacial score (nSPS) is 13.5. The molecule has 0 bridgehead atoms. The third-order valence-corrected chi connectivity index (χ3v) is 6.13. The minimum Gasteiger partial charge on any atom is -0.481 e. The summed E-state index contributed by atoms with van der Waals surface area (Å²) in [5.74, 6) is -4.24. The van der Waals surface area contributed by atoms with Crippen molar-refractivity contribution in [2.24, 2.45) is 11.7 Å². The Bertz CT molecular complexity index is 1480. The summed E-state index contributed by atoms with van der Waals surface area (Å²) < 4.78 is 30.9. The molecule has 4 heterocycles. The fraction of sp³-hybridized carbons (Fsp3) is 0.304. The van der Waals surface area contributed by atoms with Gasteiger partial charge in [-0.25, -0.2) is 23.7 Å². The molecule has 2 atom stereocenters. The third-order valence-electron chi connectivity index (χ3n) is 6.13. The van der Waals surface area contributed by atoms with Gasteiger partial charge in [0.05, 0.1) is 18.3 Å². The average molecular weight is 498 g/mol. The number of nitrogens with zero attached hydrogens (tertiary/aromatic N) is 5. The molecule has 0 aliphatic heterocycles. The van der Waals surface area contributed by atoms with Crippen molar-refractivity contribution in [2.75, 3.05) is 5.32 Å². The number of anilines is 1. The number of amides is 1. The van der Waals surface area contributed by atoms with Crippen LogP contribution in [0.3, 0.4) is 0 Å². The molecule has 4 rings (SSSR count). The van der Waals surface area contributed by atoms with Gasteiger partial charge >= 0.3 is 5.97 Å². The number of pyridine rings is 1. The van der Waals surface area contributed by atoms with Crippen LogP contribution in [-0.4, -0.2) is 52.7 Å². The molecule has 5 N–H and O–H groups in total. The number of fused-ring (bicyclic) bond motifs is 1. The van der Waals surface area contributed by atoms with E-state index in [0.717, 1.165) is 6.20 Å². The molecule has 0 spiro atoms. The number of nitrogens with two attached hydrogens (primary N) is 1. The van der Waals surface area contributed by atoms with E-state index in [2.05, 4.69) is 30.4 Å². The summed E-state index contributed by atoms with van der Waals surface area (Å²) >= 11 is 0. The second-order valence-electron chi connectivity index (χ2n) is 8.97. The van der Waals surface area contributed by atoms with Crippen LogP contribution in [0.2, 0.25) is 0 Å². The number of H-pyrrole nitrogens is 1. The quantitative estimate of drug-likeness (QED) is 0.288. The summed E-state index contributed by atoms with van der Waals surface area (Å²) in [4.78, 5) is 38.8. The van der Waals surface area contributed by atoms with Crippen molar-refractivity contribution in [1.29, 1.82) is 0 Å². The molecule has 0 aromatic carbocycles. The fourth-order valence-corrected chi connectivity index (χ4v) is 3.44. The van der Waals surface area contributed by atoms with Crippen molar-refractivity contribution in [2.45, 2.75) is 39.3 Å². The number of carbonyl (C=O) groups excluding carboxylic acids is 1. The van der Waals surface area contributed by atoms with Crippen LogP contribution in [0, 0.1) is 17.6 Å². The van der Waals surface area contributed by atoms with Crippen LogP contribution >= 0.6 is 0 Å². The van der Waals surface area contributed by atoms with Crippen molar-refractivity contribution in [3.8, 4) is 22.6 Å². The van der Waals surface area contributed by atoms with Gasteiger partial charge in [0.15, 0.2) is 17.5 Å². The number of halogens is 2. The molecular formula is C23H24F2N8O3. The first kappa shape index (κ1) is 24.7. The summed E-state index contributed by atoms with van der Waals surface area (Å²) in [6.07, 6.45) is 5.31. The van der Waals surface area contributed by atoms with Crippen LogP contribution in [0.5, 0.6) is 0 Å². The Hall–Kier alpha value is -4.42. The smallest absolute Gasteiger partial charge is 0.308 e. The van der Waals surface area contributed by atoms with Crippen LogP contribution in [0.15, 0.2) is 30.9 Å². The van der Waals surface area contributed by atoms with E-state index in [1.807, 2.05) is 0 Å². The van der Waals surface area contributed by atoms with E-state index in [-0.39, 0.29) is 22.9 Å². The minimum atomic E-state index is -1.20. The zero-order valence-electron chi connectivity index (χ0n) is 19.9. The molecule has 11 nitrogen and oxygen atoms in total. The van der Waals surface area contributed by atoms with Crippen molar-refractivity contribution in [1.82, 2.24) is 29.7 Å². The fourth-order valence-electron chi connectivity index (χ4n) is 3.44. The maximum atomic E-state index is 15.7. The Labute approximate surface area is 203 Å². The number of carboxylic acids is 1. The highest BCUT2D eigenvalue weighted by Crippen LogP contribution is 2.32. The highest BCUT2D eigenvalue weighted by molar-refractivity contribution is 5.92. The van der Waals surface area contributed by atoms with E-state index in [0.29, 0.717) is 16.6 Å². The van der Waals surface area contributed by atoms with Crippen molar-refractivity contribution in [3.05, 3.63) is 42.5 Å². The van der Waals surface area contributed by atoms with Crippen LogP contribution in [0.1, 0.15) is 27.7 Å². The number of carbonyl (C=O) groups is 2. The van der Waals surface area contributed by atoms with E-state index in [1.165, 1.54) is 36.3 Å². The van der Waals surface area contributed by atoms with Gasteiger partial charge in [-0.3, -0.25) is 14.3 Å². The van der Waals surface area contributed by atoms with Gasteiger partial charge in [0.1, 0.15) is 22.7 Å². The Morgan fingerprint density at radius 2 is 1.94 bits per heavy atom. The zero-order chi connectivity index (χ0) is 26.4.